The Hall–Kier alpha value is -3.06. The van der Waals surface area contributed by atoms with Crippen molar-refractivity contribution in [2.75, 3.05) is 13.4 Å². The van der Waals surface area contributed by atoms with Crippen LogP contribution in [0.2, 0.25) is 0 Å². The number of ether oxygens (including phenoxy) is 1. The molecule has 0 N–H and O–H groups in total. The maximum absolute atomic E-state index is 14.5. The molecular weight excluding hydrogens is 377 g/mol. The number of methoxy groups -OCH3 is 1. The van der Waals surface area contributed by atoms with Crippen molar-refractivity contribution in [1.82, 2.24) is 14.4 Å². The fourth-order valence-corrected chi connectivity index (χ4v) is 3.72. The van der Waals surface area contributed by atoms with Crippen molar-refractivity contribution in [3.8, 4) is 28.3 Å². The Bertz CT molecular complexity index is 1200. The van der Waals surface area contributed by atoms with Crippen molar-refractivity contribution in [3.05, 3.63) is 66.2 Å². The third-order valence-electron chi connectivity index (χ3n) is 4.51. The summed E-state index contributed by atoms with van der Waals surface area (Å²) >= 11 is 0. The zero-order chi connectivity index (χ0) is 19.8. The minimum absolute atomic E-state index is 0.178. The first kappa shape index (κ1) is 18.3. The first-order chi connectivity index (χ1) is 13.5. The molecule has 4 rings (SSSR count). The Morgan fingerprint density at radius 2 is 1.75 bits per heavy atom. The average molecular weight is 395 g/mol. The number of fused-ring (bicyclic) bond motifs is 1. The molecule has 0 aliphatic carbocycles. The lowest BCUT2D eigenvalue weighted by atomic mass is 10.0. The van der Waals surface area contributed by atoms with Gasteiger partial charge in [-0.15, -0.1) is 0 Å². The highest BCUT2D eigenvalue weighted by Crippen LogP contribution is 2.34. The predicted molar refractivity (Wildman–Crippen MR) is 107 cm³/mol. The van der Waals surface area contributed by atoms with Gasteiger partial charge in [0.1, 0.15) is 11.6 Å². The van der Waals surface area contributed by atoms with Crippen LogP contribution in [0.1, 0.15) is 5.69 Å². The van der Waals surface area contributed by atoms with E-state index in [1.165, 1.54) is 12.3 Å². The zero-order valence-corrected chi connectivity index (χ0v) is 16.5. The quantitative estimate of drug-likeness (QED) is 0.518. The number of aryl methyl sites for hydroxylation is 1. The molecule has 0 fully saturated rings. The highest BCUT2D eigenvalue weighted by atomic mass is 32.2. The Kier molecular flexibility index (Phi) is 4.68. The molecule has 0 aliphatic rings. The predicted octanol–water partition coefficient (Wildman–Crippen LogP) is 4.26. The van der Waals surface area contributed by atoms with Gasteiger partial charge in [-0.05, 0) is 49.4 Å². The van der Waals surface area contributed by atoms with E-state index < -0.39 is 16.6 Å². The molecule has 0 spiro atoms. The van der Waals surface area contributed by atoms with E-state index in [1.54, 1.807) is 19.2 Å². The van der Waals surface area contributed by atoms with Crippen molar-refractivity contribution < 1.29 is 13.3 Å². The number of aromatic nitrogens is 3. The molecule has 1 unspecified atom stereocenters. The van der Waals surface area contributed by atoms with Gasteiger partial charge in [0.05, 0.1) is 34.2 Å². The number of nitrogens with zero attached hydrogens (tertiary/aromatic N) is 3. The van der Waals surface area contributed by atoms with Crippen molar-refractivity contribution in [2.45, 2.75) is 11.8 Å². The molecule has 142 valence electrons. The molecule has 7 heteroatoms. The molecule has 28 heavy (non-hydrogen) atoms. The van der Waals surface area contributed by atoms with Gasteiger partial charge in [0.25, 0.3) is 0 Å². The second kappa shape index (κ2) is 7.16. The normalized spacial score (nSPS) is 12.3. The van der Waals surface area contributed by atoms with Crippen LogP contribution < -0.4 is 4.74 Å². The first-order valence-corrected chi connectivity index (χ1v) is 10.2. The van der Waals surface area contributed by atoms with Crippen LogP contribution in [0.15, 0.2) is 59.6 Å². The van der Waals surface area contributed by atoms with Crippen LogP contribution in [0, 0.1) is 12.7 Å². The minimum atomic E-state index is -1.39. The lowest BCUT2D eigenvalue weighted by Crippen LogP contribution is -1.96. The van der Waals surface area contributed by atoms with Crippen LogP contribution in [0.5, 0.6) is 5.75 Å². The summed E-state index contributed by atoms with van der Waals surface area (Å²) in [6, 6.07) is 14.1. The Morgan fingerprint density at radius 3 is 2.39 bits per heavy atom. The maximum atomic E-state index is 14.5. The summed E-state index contributed by atoms with van der Waals surface area (Å²) in [5, 5.41) is 0. The Balaban J connectivity index is 1.97. The van der Waals surface area contributed by atoms with Crippen LogP contribution in [0.25, 0.3) is 28.3 Å². The summed E-state index contributed by atoms with van der Waals surface area (Å²) in [5.74, 6) is 0.766. The summed E-state index contributed by atoms with van der Waals surface area (Å²) in [5.41, 5.74) is 3.75. The van der Waals surface area contributed by atoms with Gasteiger partial charge in [-0.3, -0.25) is 8.61 Å². The van der Waals surface area contributed by atoms with E-state index in [1.807, 2.05) is 47.9 Å². The van der Waals surface area contributed by atoms with Gasteiger partial charge < -0.3 is 4.74 Å². The Labute approximate surface area is 164 Å². The Morgan fingerprint density at radius 1 is 1.04 bits per heavy atom. The number of hydrogen-bond donors (Lipinski definition) is 0. The van der Waals surface area contributed by atoms with E-state index in [0.29, 0.717) is 17.0 Å². The number of imidazole rings is 1. The molecule has 1 atom stereocenters. The maximum Gasteiger partial charge on any atom is 0.235 e. The largest absolute Gasteiger partial charge is 0.497 e. The molecule has 0 aliphatic heterocycles. The fraction of sp³-hybridized carbons (Fsp3) is 0.143. The van der Waals surface area contributed by atoms with Crippen LogP contribution in [0.4, 0.5) is 4.39 Å². The van der Waals surface area contributed by atoms with Crippen molar-refractivity contribution in [3.63, 3.8) is 0 Å². The molecule has 0 radical (unpaired) electrons. The molecule has 0 amide bonds. The van der Waals surface area contributed by atoms with Crippen LogP contribution in [-0.2, 0) is 10.8 Å². The molecule has 0 saturated carbocycles. The summed E-state index contributed by atoms with van der Waals surface area (Å²) in [6.45, 7) is 1.90. The molecule has 0 bridgehead atoms. The van der Waals surface area contributed by atoms with Crippen molar-refractivity contribution in [2.24, 2.45) is 0 Å². The van der Waals surface area contributed by atoms with Gasteiger partial charge in [0, 0.05) is 29.3 Å². The lowest BCUT2D eigenvalue weighted by molar-refractivity contribution is 0.415. The van der Waals surface area contributed by atoms with E-state index in [2.05, 4.69) is 4.98 Å². The van der Waals surface area contributed by atoms with E-state index in [4.69, 9.17) is 9.72 Å². The minimum Gasteiger partial charge on any atom is -0.497 e. The summed E-state index contributed by atoms with van der Waals surface area (Å²) in [6.07, 6.45) is 3.33. The lowest BCUT2D eigenvalue weighted by Gasteiger charge is -2.08. The number of benzene rings is 2. The highest BCUT2D eigenvalue weighted by molar-refractivity contribution is 7.84. The molecule has 0 saturated heterocycles. The van der Waals surface area contributed by atoms with Crippen LogP contribution >= 0.6 is 0 Å². The smallest absolute Gasteiger partial charge is 0.235 e. The SMILES string of the molecule is COc1ccc(-c2nc3nc(C)ccn3c2-c2ccc(S(C)=O)c(F)c2)cc1. The van der Waals surface area contributed by atoms with Gasteiger partial charge in [0.2, 0.25) is 5.78 Å². The molecule has 2 aromatic heterocycles. The summed E-state index contributed by atoms with van der Waals surface area (Å²) in [7, 11) is 0.217. The van der Waals surface area contributed by atoms with Gasteiger partial charge in [-0.1, -0.05) is 6.07 Å². The molecule has 4 aromatic rings. The summed E-state index contributed by atoms with van der Waals surface area (Å²) < 4.78 is 33.3. The fourth-order valence-electron chi connectivity index (χ4n) is 3.13. The monoisotopic (exact) mass is 395 g/mol. The van der Waals surface area contributed by atoms with Crippen molar-refractivity contribution >= 4 is 16.6 Å². The topological polar surface area (TPSA) is 56.5 Å². The van der Waals surface area contributed by atoms with Crippen molar-refractivity contribution in [1.29, 1.82) is 0 Å². The average Bonchev–Trinajstić information content (AvgIpc) is 3.06. The number of hydrogen-bond acceptors (Lipinski definition) is 4. The molecule has 2 heterocycles. The number of rotatable bonds is 4. The second-order valence-corrected chi connectivity index (χ2v) is 7.72. The van der Waals surface area contributed by atoms with Gasteiger partial charge in [-0.25, -0.2) is 14.4 Å². The van der Waals surface area contributed by atoms with Gasteiger partial charge >= 0.3 is 0 Å². The first-order valence-electron chi connectivity index (χ1n) is 8.61. The summed E-state index contributed by atoms with van der Waals surface area (Å²) in [4.78, 5) is 9.36. The standard InChI is InChI=1S/C21H18FN3O2S/c1-13-10-11-25-20(15-6-9-18(28(3)26)17(22)12-15)19(24-21(25)23-13)14-4-7-16(27-2)8-5-14/h4-12H,1-3H3. The molecular formula is C21H18FN3O2S. The van der Waals surface area contributed by atoms with E-state index in [9.17, 15) is 8.60 Å². The molecule has 5 nitrogen and oxygen atoms in total. The number of halogens is 1. The molecule has 2 aromatic carbocycles. The van der Waals surface area contributed by atoms with Gasteiger partial charge in [0.15, 0.2) is 0 Å². The highest BCUT2D eigenvalue weighted by Gasteiger charge is 2.19. The third kappa shape index (κ3) is 3.18. The zero-order valence-electron chi connectivity index (χ0n) is 15.6. The van der Waals surface area contributed by atoms with Gasteiger partial charge in [-0.2, -0.15) is 0 Å². The van der Waals surface area contributed by atoms with E-state index in [0.717, 1.165) is 22.7 Å². The van der Waals surface area contributed by atoms with E-state index in [-0.39, 0.29) is 4.90 Å². The van der Waals surface area contributed by atoms with E-state index >= 15 is 0 Å². The van der Waals surface area contributed by atoms with Crippen LogP contribution in [-0.4, -0.2) is 31.9 Å². The third-order valence-corrected chi connectivity index (χ3v) is 5.46. The second-order valence-electron chi connectivity index (χ2n) is 6.38. The van der Waals surface area contributed by atoms with Crippen LogP contribution in [0.3, 0.4) is 0 Å².